The predicted octanol–water partition coefficient (Wildman–Crippen LogP) is 4.90. The first-order chi connectivity index (χ1) is 14.0. The fraction of sp³-hybridized carbons (Fsp3) is 0.190. The molecule has 0 radical (unpaired) electrons. The molecule has 29 heavy (non-hydrogen) atoms. The van der Waals surface area contributed by atoms with Crippen LogP contribution in [-0.4, -0.2) is 28.8 Å². The quantitative estimate of drug-likeness (QED) is 0.464. The number of anilines is 1. The van der Waals surface area contributed by atoms with Gasteiger partial charge in [0, 0.05) is 23.6 Å². The van der Waals surface area contributed by atoms with Crippen LogP contribution < -0.4 is 5.32 Å². The minimum atomic E-state index is -0.520. The highest BCUT2D eigenvalue weighted by atomic mass is 35.5. The number of nitro benzene ring substituents is 1. The van der Waals surface area contributed by atoms with E-state index in [2.05, 4.69) is 33.8 Å². The van der Waals surface area contributed by atoms with Crippen molar-refractivity contribution >= 4 is 40.2 Å². The van der Waals surface area contributed by atoms with Gasteiger partial charge in [-0.05, 0) is 35.1 Å². The number of rotatable bonds is 5. The van der Waals surface area contributed by atoms with Gasteiger partial charge in [-0.15, -0.1) is 11.3 Å². The molecule has 2 heterocycles. The first kappa shape index (κ1) is 19.6. The Morgan fingerprint density at radius 1 is 1.24 bits per heavy atom. The molecule has 1 aromatic heterocycles. The van der Waals surface area contributed by atoms with E-state index in [4.69, 9.17) is 11.6 Å². The van der Waals surface area contributed by atoms with Crippen molar-refractivity contribution in [2.24, 2.45) is 0 Å². The van der Waals surface area contributed by atoms with Gasteiger partial charge in [-0.3, -0.25) is 19.8 Å². The number of fused-ring (bicyclic) bond motifs is 1. The van der Waals surface area contributed by atoms with Crippen molar-refractivity contribution in [3.63, 3.8) is 0 Å². The summed E-state index contributed by atoms with van der Waals surface area (Å²) < 4.78 is 0. The number of halogens is 1. The number of nitrogens with one attached hydrogen (secondary N) is 1. The lowest BCUT2D eigenvalue weighted by Crippen LogP contribution is -2.40. The van der Waals surface area contributed by atoms with E-state index in [9.17, 15) is 14.9 Å². The van der Waals surface area contributed by atoms with Gasteiger partial charge in [0.25, 0.3) is 5.69 Å². The van der Waals surface area contributed by atoms with E-state index in [0.29, 0.717) is 5.69 Å². The maximum Gasteiger partial charge on any atom is 0.271 e. The van der Waals surface area contributed by atoms with Gasteiger partial charge in [0.05, 0.1) is 28.2 Å². The minimum Gasteiger partial charge on any atom is -0.324 e. The Hall–Kier alpha value is -2.74. The molecule has 0 saturated heterocycles. The molecule has 0 bridgehead atoms. The number of non-ortho nitro benzene ring substituents is 1. The minimum absolute atomic E-state index is 0.0179. The van der Waals surface area contributed by atoms with Crippen LogP contribution in [0.4, 0.5) is 11.4 Å². The molecule has 0 saturated carbocycles. The van der Waals surface area contributed by atoms with Crippen molar-refractivity contribution in [2.45, 2.75) is 12.5 Å². The molecule has 6 nitrogen and oxygen atoms in total. The van der Waals surface area contributed by atoms with Crippen molar-refractivity contribution in [3.8, 4) is 0 Å². The summed E-state index contributed by atoms with van der Waals surface area (Å²) in [7, 11) is 0. The van der Waals surface area contributed by atoms with Crippen molar-refractivity contribution in [2.75, 3.05) is 18.4 Å². The Morgan fingerprint density at radius 2 is 2.03 bits per heavy atom. The summed E-state index contributed by atoms with van der Waals surface area (Å²) in [5.41, 5.74) is 2.64. The molecule has 1 atom stereocenters. The second-order valence-corrected chi connectivity index (χ2v) is 8.21. The van der Waals surface area contributed by atoms with Gasteiger partial charge in [-0.25, -0.2) is 0 Å². The van der Waals surface area contributed by atoms with Crippen LogP contribution in [0.1, 0.15) is 22.0 Å². The standard InChI is InChI=1S/C21H18ClN3O3S/c22-17-12-15(25(27)28)6-7-18(17)23-20(26)13-24-10-8-19-16(9-11-29-19)21(24)14-4-2-1-3-5-14/h1-7,9,11-12,21H,8,10,13H2,(H,23,26)/t21-/m0/s1. The van der Waals surface area contributed by atoms with Gasteiger partial charge in [0.1, 0.15) is 0 Å². The zero-order valence-electron chi connectivity index (χ0n) is 15.4. The molecule has 1 amide bonds. The molecule has 1 aliphatic heterocycles. The molecule has 2 aromatic carbocycles. The summed E-state index contributed by atoms with van der Waals surface area (Å²) >= 11 is 7.86. The third-order valence-electron chi connectivity index (χ3n) is 4.97. The third-order valence-corrected chi connectivity index (χ3v) is 6.27. The molecule has 8 heteroatoms. The van der Waals surface area contributed by atoms with E-state index >= 15 is 0 Å². The Bertz CT molecular complexity index is 1050. The first-order valence-corrected chi connectivity index (χ1v) is 10.4. The number of hydrogen-bond acceptors (Lipinski definition) is 5. The van der Waals surface area contributed by atoms with E-state index in [-0.39, 0.29) is 29.2 Å². The van der Waals surface area contributed by atoms with Gasteiger partial charge in [-0.2, -0.15) is 0 Å². The van der Waals surface area contributed by atoms with Crippen LogP contribution in [-0.2, 0) is 11.2 Å². The highest BCUT2D eigenvalue weighted by molar-refractivity contribution is 7.10. The molecule has 1 N–H and O–H groups in total. The molecular formula is C21H18ClN3O3S. The van der Waals surface area contributed by atoms with Crippen molar-refractivity contribution in [3.05, 3.63) is 91.1 Å². The number of amides is 1. The van der Waals surface area contributed by atoms with Crippen LogP contribution in [0.25, 0.3) is 0 Å². The predicted molar refractivity (Wildman–Crippen MR) is 115 cm³/mol. The fourth-order valence-corrected chi connectivity index (χ4v) is 4.78. The van der Waals surface area contributed by atoms with Crippen molar-refractivity contribution < 1.29 is 9.72 Å². The fourth-order valence-electron chi connectivity index (χ4n) is 3.66. The number of benzene rings is 2. The average molecular weight is 428 g/mol. The van der Waals surface area contributed by atoms with Crippen LogP contribution in [0.3, 0.4) is 0 Å². The average Bonchev–Trinajstić information content (AvgIpc) is 3.18. The lowest BCUT2D eigenvalue weighted by Gasteiger charge is -2.35. The lowest BCUT2D eigenvalue weighted by molar-refractivity contribution is -0.384. The van der Waals surface area contributed by atoms with Gasteiger partial charge < -0.3 is 5.32 Å². The maximum atomic E-state index is 12.7. The molecule has 1 aliphatic rings. The van der Waals surface area contributed by atoms with Gasteiger partial charge in [0.2, 0.25) is 5.91 Å². The third kappa shape index (κ3) is 4.17. The topological polar surface area (TPSA) is 75.5 Å². The second-order valence-electron chi connectivity index (χ2n) is 6.80. The van der Waals surface area contributed by atoms with E-state index in [0.717, 1.165) is 18.5 Å². The SMILES string of the molecule is O=C(CN1CCc2sccc2[C@@H]1c1ccccc1)Nc1ccc([N+](=O)[O-])cc1Cl. The van der Waals surface area contributed by atoms with E-state index < -0.39 is 4.92 Å². The summed E-state index contributed by atoms with van der Waals surface area (Å²) in [5.74, 6) is -0.208. The number of carbonyl (C=O) groups is 1. The number of thiophene rings is 1. The van der Waals surface area contributed by atoms with E-state index in [1.54, 1.807) is 11.3 Å². The summed E-state index contributed by atoms with van der Waals surface area (Å²) in [6.07, 6.45) is 0.905. The number of nitrogens with zero attached hydrogens (tertiary/aromatic N) is 2. The van der Waals surface area contributed by atoms with Gasteiger partial charge >= 0.3 is 0 Å². The van der Waals surface area contributed by atoms with Crippen molar-refractivity contribution in [1.82, 2.24) is 4.90 Å². The van der Waals surface area contributed by atoms with E-state index in [1.807, 2.05) is 18.2 Å². The Balaban J connectivity index is 1.53. The van der Waals surface area contributed by atoms with Crippen LogP contribution in [0.5, 0.6) is 0 Å². The highest BCUT2D eigenvalue weighted by Crippen LogP contribution is 2.37. The summed E-state index contributed by atoms with van der Waals surface area (Å²) in [6.45, 7) is 0.969. The largest absolute Gasteiger partial charge is 0.324 e. The summed E-state index contributed by atoms with van der Waals surface area (Å²) in [6, 6.07) is 16.3. The molecule has 3 aromatic rings. The second kappa shape index (κ2) is 8.32. The van der Waals surface area contributed by atoms with Crippen LogP contribution in [0, 0.1) is 10.1 Å². The molecule has 4 rings (SSSR count). The zero-order valence-corrected chi connectivity index (χ0v) is 16.9. The van der Waals surface area contributed by atoms with Crippen LogP contribution in [0.2, 0.25) is 5.02 Å². The van der Waals surface area contributed by atoms with Gasteiger partial charge in [0.15, 0.2) is 0 Å². The Kier molecular flexibility index (Phi) is 5.62. The normalized spacial score (nSPS) is 16.2. The maximum absolute atomic E-state index is 12.7. The smallest absolute Gasteiger partial charge is 0.271 e. The molecule has 148 valence electrons. The molecule has 0 spiro atoms. The molecule has 0 unspecified atom stereocenters. The lowest BCUT2D eigenvalue weighted by atomic mass is 9.93. The Labute approximate surface area is 176 Å². The number of hydrogen-bond donors (Lipinski definition) is 1. The number of carbonyl (C=O) groups excluding carboxylic acids is 1. The molecular weight excluding hydrogens is 410 g/mol. The molecule has 0 fully saturated rings. The Morgan fingerprint density at radius 3 is 2.76 bits per heavy atom. The van der Waals surface area contributed by atoms with Crippen LogP contribution >= 0.6 is 22.9 Å². The number of nitro groups is 1. The van der Waals surface area contributed by atoms with Gasteiger partial charge in [-0.1, -0.05) is 41.9 Å². The summed E-state index contributed by atoms with van der Waals surface area (Å²) in [5, 5.41) is 15.9. The monoisotopic (exact) mass is 427 g/mol. The van der Waals surface area contributed by atoms with Crippen molar-refractivity contribution in [1.29, 1.82) is 0 Å². The van der Waals surface area contributed by atoms with Crippen LogP contribution in [0.15, 0.2) is 60.0 Å². The highest BCUT2D eigenvalue weighted by Gasteiger charge is 2.30. The summed E-state index contributed by atoms with van der Waals surface area (Å²) in [4.78, 5) is 26.6. The first-order valence-electron chi connectivity index (χ1n) is 9.12. The zero-order chi connectivity index (χ0) is 20.4. The molecule has 0 aliphatic carbocycles. The van der Waals surface area contributed by atoms with E-state index in [1.165, 1.54) is 28.6 Å².